The second-order valence-electron chi connectivity index (χ2n) is 4.25. The number of anilines is 1. The number of halogens is 1. The number of aromatic nitrogens is 1. The molecule has 2 nitrogen and oxygen atoms in total. The van der Waals surface area contributed by atoms with Crippen molar-refractivity contribution in [3.8, 4) is 0 Å². The molecule has 0 N–H and O–H groups in total. The van der Waals surface area contributed by atoms with E-state index in [1.807, 2.05) is 6.07 Å². The molecule has 0 bridgehead atoms. The Bertz CT molecular complexity index is 514. The van der Waals surface area contributed by atoms with E-state index >= 15 is 0 Å². The van der Waals surface area contributed by atoms with Crippen molar-refractivity contribution in [1.29, 1.82) is 0 Å². The fourth-order valence-corrected chi connectivity index (χ4v) is 2.52. The lowest BCUT2D eigenvalue weighted by Gasteiger charge is -2.16. The molecule has 1 aliphatic heterocycles. The molecule has 1 aliphatic rings. The average molecular weight is 289 g/mol. The van der Waals surface area contributed by atoms with Crippen molar-refractivity contribution in [3.05, 3.63) is 59.3 Å². The minimum absolute atomic E-state index is 0.807. The van der Waals surface area contributed by atoms with E-state index in [-0.39, 0.29) is 0 Å². The first kappa shape index (κ1) is 10.8. The van der Waals surface area contributed by atoms with Gasteiger partial charge in [-0.05, 0) is 23.3 Å². The summed E-state index contributed by atoms with van der Waals surface area (Å²) in [6.07, 6.45) is 0. The number of benzene rings is 1. The molecule has 2 heterocycles. The molecule has 0 fully saturated rings. The van der Waals surface area contributed by atoms with Gasteiger partial charge in [-0.3, -0.25) is 0 Å². The topological polar surface area (TPSA) is 16.1 Å². The number of hydrogen-bond donors (Lipinski definition) is 0. The molecule has 0 spiro atoms. The number of pyridine rings is 1. The summed E-state index contributed by atoms with van der Waals surface area (Å²) in [5, 5.41) is 0.807. The lowest BCUT2D eigenvalue weighted by molar-refractivity contribution is 0.852. The Labute approximate surface area is 109 Å². The molecule has 0 saturated heterocycles. The van der Waals surface area contributed by atoms with Gasteiger partial charge >= 0.3 is 0 Å². The molecule has 0 saturated carbocycles. The van der Waals surface area contributed by atoms with Crippen LogP contribution < -0.4 is 4.90 Å². The Morgan fingerprint density at radius 2 is 1.71 bits per heavy atom. The summed E-state index contributed by atoms with van der Waals surface area (Å²) in [5.74, 6) is 1.07. The zero-order valence-corrected chi connectivity index (χ0v) is 11.0. The van der Waals surface area contributed by atoms with Crippen LogP contribution in [0.4, 0.5) is 5.82 Å². The Kier molecular flexibility index (Phi) is 2.85. The molecule has 0 radical (unpaired) electrons. The van der Waals surface area contributed by atoms with E-state index in [0.717, 1.165) is 29.9 Å². The first-order valence-corrected chi connectivity index (χ1v) is 6.82. The van der Waals surface area contributed by atoms with Crippen LogP contribution in [0.5, 0.6) is 0 Å². The van der Waals surface area contributed by atoms with Crippen molar-refractivity contribution >= 4 is 21.7 Å². The molecule has 0 atom stereocenters. The molecule has 3 heteroatoms. The first-order chi connectivity index (χ1) is 8.36. The second kappa shape index (κ2) is 4.49. The maximum absolute atomic E-state index is 4.64. The standard InChI is InChI=1S/C14H13BrN2/c15-8-13-6-3-7-14(16-13)17-9-11-4-1-2-5-12(11)10-17/h1-7H,8-10H2. The van der Waals surface area contributed by atoms with E-state index in [1.165, 1.54) is 11.1 Å². The van der Waals surface area contributed by atoms with Gasteiger partial charge in [-0.2, -0.15) is 0 Å². The van der Waals surface area contributed by atoms with Crippen LogP contribution in [0.15, 0.2) is 42.5 Å². The fourth-order valence-electron chi connectivity index (χ4n) is 2.21. The Morgan fingerprint density at radius 1 is 1.00 bits per heavy atom. The highest BCUT2D eigenvalue weighted by atomic mass is 79.9. The van der Waals surface area contributed by atoms with E-state index in [0.29, 0.717) is 0 Å². The van der Waals surface area contributed by atoms with Crippen molar-refractivity contribution in [2.75, 3.05) is 4.90 Å². The first-order valence-electron chi connectivity index (χ1n) is 5.70. The SMILES string of the molecule is BrCc1cccc(N2Cc3ccccc3C2)n1. The van der Waals surface area contributed by atoms with Crippen LogP contribution in [-0.2, 0) is 18.4 Å². The molecule has 0 unspecified atom stereocenters. The molecule has 1 aromatic carbocycles. The second-order valence-corrected chi connectivity index (χ2v) is 4.81. The summed E-state index contributed by atoms with van der Waals surface area (Å²) in [6.45, 7) is 1.93. The molecule has 3 rings (SSSR count). The number of alkyl halides is 1. The van der Waals surface area contributed by atoms with Gasteiger partial charge in [0.25, 0.3) is 0 Å². The van der Waals surface area contributed by atoms with E-state index < -0.39 is 0 Å². The largest absolute Gasteiger partial charge is 0.348 e. The third-order valence-corrected chi connectivity index (χ3v) is 3.67. The maximum atomic E-state index is 4.64. The lowest BCUT2D eigenvalue weighted by Crippen LogP contribution is -2.16. The number of fused-ring (bicyclic) bond motifs is 1. The predicted molar refractivity (Wildman–Crippen MR) is 73.2 cm³/mol. The van der Waals surface area contributed by atoms with Gasteiger partial charge in [0, 0.05) is 18.4 Å². The van der Waals surface area contributed by atoms with Crippen LogP contribution in [0.1, 0.15) is 16.8 Å². The van der Waals surface area contributed by atoms with E-state index in [4.69, 9.17) is 0 Å². The van der Waals surface area contributed by atoms with Gasteiger partial charge in [0.15, 0.2) is 0 Å². The van der Waals surface area contributed by atoms with Gasteiger partial charge in [0.1, 0.15) is 5.82 Å². The van der Waals surface area contributed by atoms with Crippen molar-refractivity contribution < 1.29 is 0 Å². The van der Waals surface area contributed by atoms with Gasteiger partial charge in [-0.15, -0.1) is 0 Å². The Balaban J connectivity index is 1.88. The highest BCUT2D eigenvalue weighted by Crippen LogP contribution is 2.26. The summed E-state index contributed by atoms with van der Waals surface area (Å²) in [5.41, 5.74) is 3.91. The molecule has 2 aromatic rings. The Hall–Kier alpha value is -1.35. The van der Waals surface area contributed by atoms with Crippen molar-refractivity contribution in [2.45, 2.75) is 18.4 Å². The van der Waals surface area contributed by atoms with Crippen LogP contribution in [0.2, 0.25) is 0 Å². The molecular weight excluding hydrogens is 276 g/mol. The van der Waals surface area contributed by atoms with Crippen LogP contribution in [0.3, 0.4) is 0 Å². The van der Waals surface area contributed by atoms with Crippen LogP contribution in [-0.4, -0.2) is 4.98 Å². The zero-order valence-electron chi connectivity index (χ0n) is 9.44. The van der Waals surface area contributed by atoms with Gasteiger partial charge in [0.05, 0.1) is 5.69 Å². The smallest absolute Gasteiger partial charge is 0.129 e. The lowest BCUT2D eigenvalue weighted by atomic mass is 10.1. The highest BCUT2D eigenvalue weighted by Gasteiger charge is 2.19. The minimum atomic E-state index is 0.807. The third-order valence-electron chi connectivity index (χ3n) is 3.09. The monoisotopic (exact) mass is 288 g/mol. The zero-order chi connectivity index (χ0) is 11.7. The maximum Gasteiger partial charge on any atom is 0.129 e. The molecule has 0 aliphatic carbocycles. The Morgan fingerprint density at radius 3 is 2.35 bits per heavy atom. The third kappa shape index (κ3) is 2.07. The summed E-state index contributed by atoms with van der Waals surface area (Å²) in [6, 6.07) is 14.8. The average Bonchev–Trinajstić information content (AvgIpc) is 2.82. The molecule has 1 aromatic heterocycles. The molecular formula is C14H13BrN2. The van der Waals surface area contributed by atoms with Gasteiger partial charge in [-0.25, -0.2) is 4.98 Å². The summed E-state index contributed by atoms with van der Waals surface area (Å²) < 4.78 is 0. The van der Waals surface area contributed by atoms with Gasteiger partial charge in [0.2, 0.25) is 0 Å². The van der Waals surface area contributed by atoms with Crippen molar-refractivity contribution in [3.63, 3.8) is 0 Å². The summed E-state index contributed by atoms with van der Waals surface area (Å²) in [7, 11) is 0. The van der Waals surface area contributed by atoms with E-state index in [1.54, 1.807) is 0 Å². The fraction of sp³-hybridized carbons (Fsp3) is 0.214. The predicted octanol–water partition coefficient (Wildman–Crippen LogP) is 3.50. The van der Waals surface area contributed by atoms with Crippen LogP contribution in [0, 0.1) is 0 Å². The van der Waals surface area contributed by atoms with Crippen molar-refractivity contribution in [2.24, 2.45) is 0 Å². The van der Waals surface area contributed by atoms with Gasteiger partial charge in [-0.1, -0.05) is 46.3 Å². The minimum Gasteiger partial charge on any atom is -0.348 e. The normalized spacial score (nSPS) is 13.8. The van der Waals surface area contributed by atoms with Crippen LogP contribution in [0.25, 0.3) is 0 Å². The van der Waals surface area contributed by atoms with Crippen LogP contribution >= 0.6 is 15.9 Å². The van der Waals surface area contributed by atoms with E-state index in [9.17, 15) is 0 Å². The molecule has 17 heavy (non-hydrogen) atoms. The summed E-state index contributed by atoms with van der Waals surface area (Å²) in [4.78, 5) is 6.95. The quantitative estimate of drug-likeness (QED) is 0.787. The summed E-state index contributed by atoms with van der Waals surface area (Å²) >= 11 is 3.45. The van der Waals surface area contributed by atoms with Crippen molar-refractivity contribution in [1.82, 2.24) is 4.98 Å². The van der Waals surface area contributed by atoms with E-state index in [2.05, 4.69) is 62.2 Å². The molecule has 86 valence electrons. The molecule has 0 amide bonds. The number of nitrogens with zero attached hydrogens (tertiary/aromatic N) is 2. The number of rotatable bonds is 2. The number of hydrogen-bond acceptors (Lipinski definition) is 2. The highest BCUT2D eigenvalue weighted by molar-refractivity contribution is 9.08. The van der Waals surface area contributed by atoms with Gasteiger partial charge < -0.3 is 4.90 Å².